The highest BCUT2D eigenvalue weighted by Crippen LogP contribution is 2.34. The molecule has 0 saturated carbocycles. The molecule has 0 radical (unpaired) electrons. The Morgan fingerprint density at radius 2 is 2.09 bits per heavy atom. The number of fused-ring (bicyclic) bond motifs is 3. The van der Waals surface area contributed by atoms with Gasteiger partial charge in [0.15, 0.2) is 16.7 Å². The molecule has 4 rings (SSSR count). The van der Waals surface area contributed by atoms with E-state index in [1.165, 1.54) is 22.2 Å². The summed E-state index contributed by atoms with van der Waals surface area (Å²) < 4.78 is 12.6. The van der Waals surface area contributed by atoms with Gasteiger partial charge in [0.25, 0.3) is 5.56 Å². The van der Waals surface area contributed by atoms with Crippen molar-refractivity contribution < 1.29 is 14.3 Å². The second-order valence-corrected chi connectivity index (χ2v) is 9.65. The van der Waals surface area contributed by atoms with Gasteiger partial charge in [-0.25, -0.2) is 4.98 Å². The van der Waals surface area contributed by atoms with Gasteiger partial charge in [0.2, 0.25) is 5.91 Å². The number of nitrogens with zero attached hydrogens (tertiary/aromatic N) is 2. The van der Waals surface area contributed by atoms with Gasteiger partial charge in [0.05, 0.1) is 24.8 Å². The van der Waals surface area contributed by atoms with Gasteiger partial charge in [0.1, 0.15) is 11.4 Å². The van der Waals surface area contributed by atoms with Gasteiger partial charge < -0.3 is 14.8 Å². The third-order valence-corrected chi connectivity index (χ3v) is 7.60. The van der Waals surface area contributed by atoms with Crippen molar-refractivity contribution in [3.8, 4) is 11.5 Å². The zero-order valence-corrected chi connectivity index (χ0v) is 20.2. The highest BCUT2D eigenvalue weighted by Gasteiger charge is 2.22. The molecule has 0 atom stereocenters. The Morgan fingerprint density at radius 1 is 1.30 bits per heavy atom. The van der Waals surface area contributed by atoms with Gasteiger partial charge >= 0.3 is 0 Å². The molecule has 174 valence electrons. The van der Waals surface area contributed by atoms with E-state index < -0.39 is 0 Å². The average Bonchev–Trinajstić information content (AvgIpc) is 3.21. The second-order valence-electron chi connectivity index (χ2n) is 7.63. The fourth-order valence-corrected chi connectivity index (χ4v) is 6.03. The van der Waals surface area contributed by atoms with Gasteiger partial charge in [-0.15, -0.1) is 17.9 Å². The van der Waals surface area contributed by atoms with Gasteiger partial charge in [-0.1, -0.05) is 30.0 Å². The van der Waals surface area contributed by atoms with Gasteiger partial charge in [-0.2, -0.15) is 0 Å². The molecule has 1 aromatic carbocycles. The highest BCUT2D eigenvalue weighted by atomic mass is 32.2. The fraction of sp³-hybridized carbons (Fsp3) is 0.375. The minimum atomic E-state index is -0.145. The Bertz CT molecular complexity index is 1220. The van der Waals surface area contributed by atoms with Gasteiger partial charge in [0, 0.05) is 11.4 Å². The van der Waals surface area contributed by atoms with E-state index >= 15 is 0 Å². The van der Waals surface area contributed by atoms with Crippen LogP contribution in [-0.4, -0.2) is 41.5 Å². The summed E-state index contributed by atoms with van der Waals surface area (Å²) in [6.07, 6.45) is 5.90. The number of amides is 1. The lowest BCUT2D eigenvalue weighted by atomic mass is 9.97. The molecule has 0 unspecified atom stereocenters. The predicted molar refractivity (Wildman–Crippen MR) is 133 cm³/mol. The van der Waals surface area contributed by atoms with Crippen molar-refractivity contribution >= 4 is 39.2 Å². The van der Waals surface area contributed by atoms with E-state index in [4.69, 9.17) is 14.5 Å². The Hall–Kier alpha value is -2.78. The number of ether oxygens (including phenoxy) is 2. The normalized spacial score (nSPS) is 12.9. The molecular formula is C24H27N3O4S2. The molecule has 1 N–H and O–H groups in total. The summed E-state index contributed by atoms with van der Waals surface area (Å²) >= 11 is 2.88. The first-order chi connectivity index (χ1) is 16.1. The smallest absolute Gasteiger partial charge is 0.263 e. The van der Waals surface area contributed by atoms with Crippen LogP contribution >= 0.6 is 23.1 Å². The largest absolute Gasteiger partial charge is 0.493 e. The summed E-state index contributed by atoms with van der Waals surface area (Å²) in [6, 6.07) is 7.37. The van der Waals surface area contributed by atoms with E-state index in [1.54, 1.807) is 29.1 Å². The first-order valence-electron chi connectivity index (χ1n) is 10.9. The molecule has 0 saturated heterocycles. The van der Waals surface area contributed by atoms with Gasteiger partial charge in [-0.3, -0.25) is 14.2 Å². The number of aryl methyl sites for hydroxylation is 2. The number of methoxy groups -OCH3 is 1. The molecule has 0 aliphatic heterocycles. The molecule has 33 heavy (non-hydrogen) atoms. The van der Waals surface area contributed by atoms with E-state index in [1.807, 2.05) is 24.3 Å². The summed E-state index contributed by atoms with van der Waals surface area (Å²) in [6.45, 7) is 4.83. The van der Waals surface area contributed by atoms with Crippen molar-refractivity contribution in [1.29, 1.82) is 0 Å². The average molecular weight is 486 g/mol. The third kappa shape index (κ3) is 5.25. The molecule has 3 aromatic rings. The minimum Gasteiger partial charge on any atom is -0.493 e. The number of rotatable bonds is 10. The molecule has 9 heteroatoms. The van der Waals surface area contributed by atoms with Crippen LogP contribution in [0.4, 0.5) is 0 Å². The summed E-state index contributed by atoms with van der Waals surface area (Å²) in [5, 5.41) is 4.14. The number of nitrogens with one attached hydrogen (secondary N) is 1. The van der Waals surface area contributed by atoms with E-state index in [0.29, 0.717) is 36.4 Å². The summed E-state index contributed by atoms with van der Waals surface area (Å²) in [5.41, 5.74) is 1.13. The Morgan fingerprint density at radius 3 is 2.88 bits per heavy atom. The zero-order chi connectivity index (χ0) is 23.2. The van der Waals surface area contributed by atoms with Crippen molar-refractivity contribution in [1.82, 2.24) is 14.9 Å². The summed E-state index contributed by atoms with van der Waals surface area (Å²) in [4.78, 5) is 32.5. The van der Waals surface area contributed by atoms with E-state index in [0.717, 1.165) is 35.9 Å². The molecule has 1 aliphatic rings. The maximum absolute atomic E-state index is 13.3. The zero-order valence-electron chi connectivity index (χ0n) is 18.6. The summed E-state index contributed by atoms with van der Waals surface area (Å²) in [7, 11) is 1.59. The lowest BCUT2D eigenvalue weighted by Crippen LogP contribution is -2.30. The topological polar surface area (TPSA) is 82.5 Å². The first-order valence-corrected chi connectivity index (χ1v) is 12.7. The number of carbonyl (C=O) groups excluding carboxylic acids is 1. The number of para-hydroxylation sites is 2. The monoisotopic (exact) mass is 485 g/mol. The van der Waals surface area contributed by atoms with Crippen molar-refractivity contribution in [2.45, 2.75) is 37.4 Å². The number of thiophene rings is 1. The molecule has 2 heterocycles. The lowest BCUT2D eigenvalue weighted by molar-refractivity contribution is -0.118. The van der Waals surface area contributed by atoms with E-state index in [2.05, 4.69) is 11.9 Å². The molecule has 0 bridgehead atoms. The molecule has 0 spiro atoms. The molecule has 0 fully saturated rings. The van der Waals surface area contributed by atoms with Crippen LogP contribution in [0.3, 0.4) is 0 Å². The second kappa shape index (κ2) is 10.9. The lowest BCUT2D eigenvalue weighted by Gasteiger charge is -2.13. The van der Waals surface area contributed by atoms with Gasteiger partial charge in [-0.05, 0) is 43.4 Å². The van der Waals surface area contributed by atoms with Crippen molar-refractivity contribution in [3.05, 3.63) is 57.7 Å². The SMILES string of the molecule is C=CCn1c(SCC(=O)NCCOc2ccccc2OC)nc2sc3c(c2c1=O)CCCC3. The molecular weight excluding hydrogens is 458 g/mol. The van der Waals surface area contributed by atoms with Crippen molar-refractivity contribution in [2.75, 3.05) is 26.0 Å². The van der Waals surface area contributed by atoms with Crippen LogP contribution in [0.25, 0.3) is 10.2 Å². The van der Waals surface area contributed by atoms with Crippen LogP contribution in [-0.2, 0) is 24.2 Å². The maximum Gasteiger partial charge on any atom is 0.263 e. The predicted octanol–water partition coefficient (Wildman–Crippen LogP) is 3.82. The number of hydrogen-bond donors (Lipinski definition) is 1. The molecule has 1 aliphatic carbocycles. The number of aromatic nitrogens is 2. The maximum atomic E-state index is 13.3. The van der Waals surface area contributed by atoms with Crippen LogP contribution in [0.2, 0.25) is 0 Å². The number of thioether (sulfide) groups is 1. The van der Waals surface area contributed by atoms with Crippen molar-refractivity contribution in [3.63, 3.8) is 0 Å². The van der Waals surface area contributed by atoms with Crippen LogP contribution in [0.5, 0.6) is 11.5 Å². The highest BCUT2D eigenvalue weighted by molar-refractivity contribution is 7.99. The third-order valence-electron chi connectivity index (χ3n) is 5.43. The van der Waals surface area contributed by atoms with Crippen LogP contribution in [0.15, 0.2) is 46.9 Å². The number of hydrogen-bond acceptors (Lipinski definition) is 7. The van der Waals surface area contributed by atoms with E-state index in [9.17, 15) is 9.59 Å². The first kappa shape index (κ1) is 23.4. The summed E-state index contributed by atoms with van der Waals surface area (Å²) in [5.74, 6) is 1.30. The number of allylic oxidation sites excluding steroid dienone is 1. The molecule has 2 aromatic heterocycles. The Kier molecular flexibility index (Phi) is 7.72. The fourth-order valence-electron chi connectivity index (χ4n) is 3.89. The van der Waals surface area contributed by atoms with Crippen LogP contribution in [0, 0.1) is 0 Å². The quantitative estimate of drug-likeness (QED) is 0.203. The molecule has 1 amide bonds. The standard InChI is InChI=1S/C24H27N3O4S2/c1-3-13-27-23(29)21-16-8-4-7-11-19(16)33-22(21)26-24(27)32-15-20(28)25-12-14-31-18-10-6-5-9-17(18)30-2/h3,5-6,9-10H,1,4,7-8,11-15H2,2H3,(H,25,28). The number of carbonyl (C=O) groups is 1. The molecule has 7 nitrogen and oxygen atoms in total. The van der Waals surface area contributed by atoms with Crippen molar-refractivity contribution in [2.24, 2.45) is 0 Å². The Labute approximate surface area is 200 Å². The minimum absolute atomic E-state index is 0.0348. The Balaban J connectivity index is 1.39. The van der Waals surface area contributed by atoms with E-state index in [-0.39, 0.29) is 17.2 Å². The van der Waals surface area contributed by atoms with Crippen LogP contribution < -0.4 is 20.3 Å². The van der Waals surface area contributed by atoms with Crippen LogP contribution in [0.1, 0.15) is 23.3 Å². The number of benzene rings is 1.